The van der Waals surface area contributed by atoms with Crippen LogP contribution in [0.2, 0.25) is 0 Å². The van der Waals surface area contributed by atoms with E-state index in [1.54, 1.807) is 18.0 Å². The van der Waals surface area contributed by atoms with Crippen molar-refractivity contribution >= 4 is 41.5 Å². The first-order valence-electron chi connectivity index (χ1n) is 6.88. The van der Waals surface area contributed by atoms with Crippen molar-refractivity contribution in [2.45, 2.75) is 26.3 Å². The number of hydrogen-bond donors (Lipinski definition) is 2. The van der Waals surface area contributed by atoms with Crippen molar-refractivity contribution < 1.29 is 0 Å². The van der Waals surface area contributed by atoms with Crippen LogP contribution in [-0.4, -0.2) is 12.6 Å². The Morgan fingerprint density at radius 2 is 2.14 bits per heavy atom. The predicted molar refractivity (Wildman–Crippen MR) is 101 cm³/mol. The minimum atomic E-state index is 0.00418. The summed E-state index contributed by atoms with van der Waals surface area (Å²) < 4.78 is 3.02. The summed E-state index contributed by atoms with van der Waals surface area (Å²) in [5.41, 5.74) is 4.91. The molecule has 21 heavy (non-hydrogen) atoms. The summed E-state index contributed by atoms with van der Waals surface area (Å²) >= 11 is 6.00. The molecule has 112 valence electrons. The summed E-state index contributed by atoms with van der Waals surface area (Å²) in [5, 5.41) is 3.55. The SMILES string of the molecule is C=C/C=C(\S)SN(C)c1ccc2c(c1)C(C)=CC(C)(C)N2. The zero-order valence-corrected chi connectivity index (χ0v) is 14.7. The lowest BCUT2D eigenvalue weighted by Gasteiger charge is -2.32. The highest BCUT2D eigenvalue weighted by atomic mass is 32.2. The average Bonchev–Trinajstić information content (AvgIpc) is 2.37. The van der Waals surface area contributed by atoms with E-state index in [1.165, 1.54) is 16.8 Å². The molecule has 2 rings (SSSR count). The van der Waals surface area contributed by atoms with Crippen LogP contribution < -0.4 is 9.62 Å². The highest BCUT2D eigenvalue weighted by Gasteiger charge is 2.22. The van der Waals surface area contributed by atoms with Crippen LogP contribution in [0.1, 0.15) is 26.3 Å². The molecule has 0 spiro atoms. The largest absolute Gasteiger partial charge is 0.376 e. The summed E-state index contributed by atoms with van der Waals surface area (Å²) in [6.07, 6.45) is 5.90. The summed E-state index contributed by atoms with van der Waals surface area (Å²) in [7, 11) is 2.04. The van der Waals surface area contributed by atoms with Crippen LogP contribution in [0, 0.1) is 0 Å². The Labute approximate surface area is 137 Å². The average molecular weight is 319 g/mol. The minimum absolute atomic E-state index is 0.00418. The number of nitrogens with one attached hydrogen (secondary N) is 1. The molecule has 0 aromatic heterocycles. The standard InChI is InChI=1S/C17H22N2S2/c1-6-7-16(20)21-19(5)13-8-9-15-14(10-13)12(2)11-17(3,4)18-15/h6-11,18,20H,1H2,2-5H3/b16-7+. The Morgan fingerprint density at radius 3 is 2.81 bits per heavy atom. The van der Waals surface area contributed by atoms with Gasteiger partial charge in [0.15, 0.2) is 0 Å². The van der Waals surface area contributed by atoms with E-state index in [9.17, 15) is 0 Å². The summed E-state index contributed by atoms with van der Waals surface area (Å²) in [6, 6.07) is 6.49. The summed E-state index contributed by atoms with van der Waals surface area (Å²) in [4.78, 5) is 0. The fourth-order valence-corrected chi connectivity index (χ4v) is 3.62. The molecular formula is C17H22N2S2. The van der Waals surface area contributed by atoms with E-state index in [-0.39, 0.29) is 5.54 Å². The monoisotopic (exact) mass is 318 g/mol. The maximum absolute atomic E-state index is 4.43. The number of fused-ring (bicyclic) bond motifs is 1. The van der Waals surface area contributed by atoms with Gasteiger partial charge in [-0.05, 0) is 62.6 Å². The summed E-state index contributed by atoms with van der Waals surface area (Å²) in [6.45, 7) is 10.2. The van der Waals surface area contributed by atoms with E-state index in [0.29, 0.717) is 0 Å². The number of nitrogens with zero attached hydrogens (tertiary/aromatic N) is 1. The molecule has 0 saturated carbocycles. The first kappa shape index (κ1) is 16.1. The highest BCUT2D eigenvalue weighted by Crippen LogP contribution is 2.37. The van der Waals surface area contributed by atoms with Crippen molar-refractivity contribution in [3.05, 3.63) is 52.8 Å². The fourth-order valence-electron chi connectivity index (χ4n) is 2.49. The molecule has 1 heterocycles. The van der Waals surface area contributed by atoms with E-state index < -0.39 is 0 Å². The number of rotatable bonds is 4. The Hall–Kier alpha value is -1.26. The minimum Gasteiger partial charge on any atom is -0.376 e. The second-order valence-electron chi connectivity index (χ2n) is 5.73. The van der Waals surface area contributed by atoms with Crippen molar-refractivity contribution in [2.24, 2.45) is 0 Å². The Balaban J connectivity index is 2.28. The molecule has 0 saturated heterocycles. The zero-order valence-electron chi connectivity index (χ0n) is 13.0. The molecule has 0 bridgehead atoms. The van der Waals surface area contributed by atoms with E-state index in [2.05, 4.69) is 73.9 Å². The third kappa shape index (κ3) is 3.89. The van der Waals surface area contributed by atoms with Gasteiger partial charge < -0.3 is 9.62 Å². The molecule has 2 nitrogen and oxygen atoms in total. The zero-order chi connectivity index (χ0) is 15.6. The molecule has 0 amide bonds. The molecule has 1 aliphatic rings. The lowest BCUT2D eigenvalue weighted by atomic mass is 9.91. The van der Waals surface area contributed by atoms with Crippen molar-refractivity contribution in [3.63, 3.8) is 0 Å². The normalized spacial score (nSPS) is 16.6. The molecule has 4 heteroatoms. The van der Waals surface area contributed by atoms with Gasteiger partial charge in [-0.3, -0.25) is 0 Å². The van der Waals surface area contributed by atoms with Gasteiger partial charge in [-0.15, -0.1) is 12.6 Å². The van der Waals surface area contributed by atoms with Crippen LogP contribution in [0.15, 0.2) is 47.2 Å². The van der Waals surface area contributed by atoms with Crippen LogP contribution >= 0.6 is 24.6 Å². The van der Waals surface area contributed by atoms with Crippen LogP contribution in [0.25, 0.3) is 5.57 Å². The third-order valence-electron chi connectivity index (χ3n) is 3.32. The van der Waals surface area contributed by atoms with Gasteiger partial charge in [-0.1, -0.05) is 18.7 Å². The van der Waals surface area contributed by atoms with Crippen LogP contribution in [0.3, 0.4) is 0 Å². The molecule has 0 fully saturated rings. The second kappa shape index (κ2) is 6.24. The van der Waals surface area contributed by atoms with Gasteiger partial charge >= 0.3 is 0 Å². The van der Waals surface area contributed by atoms with E-state index in [1.807, 2.05) is 13.1 Å². The first-order valence-corrected chi connectivity index (χ1v) is 8.10. The maximum atomic E-state index is 4.43. The Morgan fingerprint density at radius 1 is 1.43 bits per heavy atom. The van der Waals surface area contributed by atoms with Gasteiger partial charge in [-0.2, -0.15) is 0 Å². The van der Waals surface area contributed by atoms with Crippen LogP contribution in [0.5, 0.6) is 0 Å². The van der Waals surface area contributed by atoms with Crippen LogP contribution in [-0.2, 0) is 0 Å². The number of benzene rings is 1. The molecule has 0 atom stereocenters. The van der Waals surface area contributed by atoms with Crippen molar-refractivity contribution in [3.8, 4) is 0 Å². The van der Waals surface area contributed by atoms with E-state index >= 15 is 0 Å². The lowest BCUT2D eigenvalue weighted by Crippen LogP contribution is -2.31. The Bertz CT molecular complexity index is 615. The molecule has 0 radical (unpaired) electrons. The molecule has 0 aliphatic carbocycles. The van der Waals surface area contributed by atoms with Gasteiger partial charge in [0.1, 0.15) is 0 Å². The topological polar surface area (TPSA) is 15.3 Å². The molecule has 1 N–H and O–H groups in total. The van der Waals surface area contributed by atoms with Crippen molar-refractivity contribution in [2.75, 3.05) is 16.7 Å². The van der Waals surface area contributed by atoms with Crippen molar-refractivity contribution in [1.82, 2.24) is 0 Å². The second-order valence-corrected chi connectivity index (χ2v) is 7.69. The molecule has 1 aromatic rings. The number of thiol groups is 1. The lowest BCUT2D eigenvalue weighted by molar-refractivity contribution is 0.707. The number of anilines is 2. The predicted octanol–water partition coefficient (Wildman–Crippen LogP) is 5.34. The first-order chi connectivity index (χ1) is 9.82. The molecule has 0 unspecified atom stereocenters. The highest BCUT2D eigenvalue weighted by molar-refractivity contribution is 8.16. The number of hydrogen-bond acceptors (Lipinski definition) is 4. The van der Waals surface area contributed by atoms with Gasteiger partial charge in [0.25, 0.3) is 0 Å². The van der Waals surface area contributed by atoms with Gasteiger partial charge in [0, 0.05) is 24.0 Å². The Kier molecular flexibility index (Phi) is 4.79. The van der Waals surface area contributed by atoms with Crippen molar-refractivity contribution in [1.29, 1.82) is 0 Å². The van der Waals surface area contributed by atoms with Gasteiger partial charge in [0.05, 0.1) is 9.78 Å². The smallest absolute Gasteiger partial charge is 0.0584 e. The quantitative estimate of drug-likeness (QED) is 0.443. The van der Waals surface area contributed by atoms with E-state index in [4.69, 9.17) is 0 Å². The summed E-state index contributed by atoms with van der Waals surface area (Å²) in [5.74, 6) is 0. The number of allylic oxidation sites excluding steroid dienone is 3. The molecule has 1 aliphatic heterocycles. The van der Waals surface area contributed by atoms with Gasteiger partial charge in [0.2, 0.25) is 0 Å². The fraction of sp³-hybridized carbons (Fsp3) is 0.294. The third-order valence-corrected chi connectivity index (χ3v) is 4.52. The molecular weight excluding hydrogens is 296 g/mol. The van der Waals surface area contributed by atoms with Gasteiger partial charge in [-0.25, -0.2) is 0 Å². The van der Waals surface area contributed by atoms with E-state index in [0.717, 1.165) is 9.92 Å². The maximum Gasteiger partial charge on any atom is 0.0584 e. The van der Waals surface area contributed by atoms with Crippen LogP contribution in [0.4, 0.5) is 11.4 Å². The molecule has 1 aromatic carbocycles.